The van der Waals surface area contributed by atoms with Gasteiger partial charge >= 0.3 is 6.18 Å². The van der Waals surface area contributed by atoms with Gasteiger partial charge in [-0.25, -0.2) is 0 Å². The number of amides is 1. The molecule has 0 saturated carbocycles. The molecular formula is C19H19F3N2O5. The number of carbonyl (C=O) groups excluding carboxylic acids is 1. The SMILES string of the molecule is CCOc1ccccc1CN(C)C(=O)c1cc(OCC(F)(F)F)ccc1[N+](=O)[O-]. The van der Waals surface area contributed by atoms with Crippen LogP contribution in [0.15, 0.2) is 42.5 Å². The number of carbonyl (C=O) groups is 1. The fourth-order valence-electron chi connectivity index (χ4n) is 2.56. The number of ether oxygens (including phenoxy) is 2. The zero-order chi connectivity index (χ0) is 21.6. The van der Waals surface area contributed by atoms with Gasteiger partial charge in [0.2, 0.25) is 0 Å². The number of benzene rings is 2. The van der Waals surface area contributed by atoms with Crippen molar-refractivity contribution in [2.45, 2.75) is 19.6 Å². The van der Waals surface area contributed by atoms with Gasteiger partial charge in [0.25, 0.3) is 11.6 Å². The van der Waals surface area contributed by atoms with Gasteiger partial charge in [0.1, 0.15) is 17.1 Å². The maximum absolute atomic E-state index is 12.8. The van der Waals surface area contributed by atoms with E-state index in [1.165, 1.54) is 11.9 Å². The van der Waals surface area contributed by atoms with Crippen molar-refractivity contribution < 1.29 is 32.4 Å². The quantitative estimate of drug-likeness (QED) is 0.479. The van der Waals surface area contributed by atoms with E-state index in [4.69, 9.17) is 4.74 Å². The summed E-state index contributed by atoms with van der Waals surface area (Å²) in [6.07, 6.45) is -4.58. The van der Waals surface area contributed by atoms with Crippen LogP contribution in [0.5, 0.6) is 11.5 Å². The molecule has 0 heterocycles. The molecule has 0 spiro atoms. The molecular weight excluding hydrogens is 393 g/mol. The first kappa shape index (κ1) is 22.0. The van der Waals surface area contributed by atoms with Crippen LogP contribution in [0.25, 0.3) is 0 Å². The first-order valence-corrected chi connectivity index (χ1v) is 8.56. The number of hydrogen-bond donors (Lipinski definition) is 0. The van der Waals surface area contributed by atoms with E-state index < -0.39 is 29.3 Å². The van der Waals surface area contributed by atoms with Crippen LogP contribution in [0.4, 0.5) is 18.9 Å². The first-order valence-electron chi connectivity index (χ1n) is 8.56. The number of hydrogen-bond acceptors (Lipinski definition) is 5. The highest BCUT2D eigenvalue weighted by molar-refractivity contribution is 5.98. The van der Waals surface area contributed by atoms with Crippen LogP contribution < -0.4 is 9.47 Å². The third-order valence-electron chi connectivity index (χ3n) is 3.82. The smallest absolute Gasteiger partial charge is 0.422 e. The number of halogens is 3. The van der Waals surface area contributed by atoms with E-state index in [1.54, 1.807) is 31.2 Å². The Bertz CT molecular complexity index is 886. The lowest BCUT2D eigenvalue weighted by Crippen LogP contribution is -2.27. The predicted molar refractivity (Wildman–Crippen MR) is 98.1 cm³/mol. The van der Waals surface area contributed by atoms with Crippen molar-refractivity contribution in [2.24, 2.45) is 0 Å². The Kier molecular flexibility index (Phi) is 7.03. The minimum atomic E-state index is -4.58. The summed E-state index contributed by atoms with van der Waals surface area (Å²) in [6.45, 7) is 0.732. The van der Waals surface area contributed by atoms with Gasteiger partial charge in [-0.3, -0.25) is 14.9 Å². The van der Waals surface area contributed by atoms with Crippen LogP contribution in [0.3, 0.4) is 0 Å². The molecule has 0 saturated heterocycles. The van der Waals surface area contributed by atoms with E-state index in [9.17, 15) is 28.1 Å². The van der Waals surface area contributed by atoms with Crippen molar-refractivity contribution >= 4 is 11.6 Å². The summed E-state index contributed by atoms with van der Waals surface area (Å²) in [5.74, 6) is -0.466. The molecule has 0 fully saturated rings. The van der Waals surface area contributed by atoms with Gasteiger partial charge in [0, 0.05) is 25.2 Å². The molecule has 1 amide bonds. The Labute approximate surface area is 164 Å². The average molecular weight is 412 g/mol. The molecule has 0 bridgehead atoms. The van der Waals surface area contributed by atoms with Crippen LogP contribution in [0.2, 0.25) is 0 Å². The summed E-state index contributed by atoms with van der Waals surface area (Å²) in [5.41, 5.74) is -0.220. The molecule has 2 aromatic rings. The van der Waals surface area contributed by atoms with E-state index in [0.717, 1.165) is 18.2 Å². The zero-order valence-corrected chi connectivity index (χ0v) is 15.7. The van der Waals surface area contributed by atoms with Crippen molar-refractivity contribution in [3.8, 4) is 11.5 Å². The third kappa shape index (κ3) is 6.09. The molecule has 29 heavy (non-hydrogen) atoms. The molecule has 0 radical (unpaired) electrons. The molecule has 0 atom stereocenters. The topological polar surface area (TPSA) is 81.9 Å². The van der Waals surface area contributed by atoms with Crippen molar-refractivity contribution in [1.82, 2.24) is 4.90 Å². The second-order valence-corrected chi connectivity index (χ2v) is 6.04. The summed E-state index contributed by atoms with van der Waals surface area (Å²) in [4.78, 5) is 24.5. The van der Waals surface area contributed by atoms with Crippen LogP contribution in [-0.4, -0.2) is 42.2 Å². The molecule has 0 aromatic heterocycles. The van der Waals surface area contributed by atoms with Crippen LogP contribution in [0.1, 0.15) is 22.8 Å². The lowest BCUT2D eigenvalue weighted by atomic mass is 10.1. The lowest BCUT2D eigenvalue weighted by molar-refractivity contribution is -0.385. The number of nitro groups is 1. The molecule has 0 aliphatic heterocycles. The van der Waals surface area contributed by atoms with Gasteiger partial charge < -0.3 is 14.4 Å². The highest BCUT2D eigenvalue weighted by atomic mass is 19.4. The van der Waals surface area contributed by atoms with Gasteiger partial charge in [0.05, 0.1) is 11.5 Å². The van der Waals surface area contributed by atoms with Gasteiger partial charge in [-0.15, -0.1) is 0 Å². The number of alkyl halides is 3. The highest BCUT2D eigenvalue weighted by Crippen LogP contribution is 2.28. The van der Waals surface area contributed by atoms with E-state index in [0.29, 0.717) is 17.9 Å². The zero-order valence-electron chi connectivity index (χ0n) is 15.7. The average Bonchev–Trinajstić information content (AvgIpc) is 2.66. The third-order valence-corrected chi connectivity index (χ3v) is 3.82. The largest absolute Gasteiger partial charge is 0.494 e. The molecule has 0 unspecified atom stereocenters. The summed E-state index contributed by atoms with van der Waals surface area (Å²) >= 11 is 0. The van der Waals surface area contributed by atoms with E-state index >= 15 is 0 Å². The normalized spacial score (nSPS) is 11.1. The second-order valence-electron chi connectivity index (χ2n) is 6.04. The van der Waals surface area contributed by atoms with E-state index in [1.807, 2.05) is 0 Å². The standard InChI is InChI=1S/C19H19F3N2O5/c1-3-28-17-7-5-4-6-13(17)11-23(2)18(25)15-10-14(29-12-19(20,21)22)8-9-16(15)24(26)27/h4-10H,3,11-12H2,1-2H3. The second kappa shape index (κ2) is 9.26. The molecule has 0 aliphatic carbocycles. The Morgan fingerprint density at radius 3 is 2.48 bits per heavy atom. The molecule has 2 aromatic carbocycles. The molecule has 2 rings (SSSR count). The summed E-state index contributed by atoms with van der Waals surface area (Å²) in [5, 5.41) is 11.3. The fraction of sp³-hybridized carbons (Fsp3) is 0.316. The summed E-state index contributed by atoms with van der Waals surface area (Å²) in [6, 6.07) is 9.90. The molecule has 156 valence electrons. The summed E-state index contributed by atoms with van der Waals surface area (Å²) < 4.78 is 47.2. The van der Waals surface area contributed by atoms with Gasteiger partial charge in [-0.2, -0.15) is 13.2 Å². The molecule has 7 nitrogen and oxygen atoms in total. The number of para-hydroxylation sites is 1. The number of rotatable bonds is 8. The monoisotopic (exact) mass is 412 g/mol. The van der Waals surface area contributed by atoms with Crippen molar-refractivity contribution in [3.05, 3.63) is 63.7 Å². The van der Waals surface area contributed by atoms with Gasteiger partial charge in [0.15, 0.2) is 6.61 Å². The van der Waals surface area contributed by atoms with Crippen molar-refractivity contribution in [2.75, 3.05) is 20.3 Å². The van der Waals surface area contributed by atoms with Gasteiger partial charge in [-0.05, 0) is 25.1 Å². The van der Waals surface area contributed by atoms with Crippen molar-refractivity contribution in [1.29, 1.82) is 0 Å². The van der Waals surface area contributed by atoms with Crippen LogP contribution >= 0.6 is 0 Å². The van der Waals surface area contributed by atoms with Gasteiger partial charge in [-0.1, -0.05) is 18.2 Å². The first-order chi connectivity index (χ1) is 13.6. The minimum Gasteiger partial charge on any atom is -0.494 e. The van der Waals surface area contributed by atoms with Crippen molar-refractivity contribution in [3.63, 3.8) is 0 Å². The number of nitrogens with zero attached hydrogens (tertiary/aromatic N) is 2. The Hall–Kier alpha value is -3.30. The van der Waals surface area contributed by atoms with Crippen LogP contribution in [-0.2, 0) is 6.54 Å². The lowest BCUT2D eigenvalue weighted by Gasteiger charge is -2.19. The van der Waals surface area contributed by atoms with E-state index in [2.05, 4.69) is 4.74 Å². The predicted octanol–water partition coefficient (Wildman–Crippen LogP) is 4.21. The highest BCUT2D eigenvalue weighted by Gasteiger charge is 2.29. The molecule has 0 aliphatic rings. The Morgan fingerprint density at radius 1 is 1.17 bits per heavy atom. The van der Waals surface area contributed by atoms with E-state index in [-0.39, 0.29) is 17.9 Å². The maximum Gasteiger partial charge on any atom is 0.422 e. The maximum atomic E-state index is 12.8. The fourth-order valence-corrected chi connectivity index (χ4v) is 2.56. The van der Waals surface area contributed by atoms with Crippen LogP contribution in [0, 0.1) is 10.1 Å². The summed E-state index contributed by atoms with van der Waals surface area (Å²) in [7, 11) is 1.43. The molecule has 10 heteroatoms. The molecule has 0 N–H and O–H groups in total. The Morgan fingerprint density at radius 2 is 1.86 bits per heavy atom. The Balaban J connectivity index is 2.28. The minimum absolute atomic E-state index is 0.0831. The number of nitro benzene ring substituents is 1.